The predicted octanol–water partition coefficient (Wildman–Crippen LogP) is 2.42. The van der Waals surface area contributed by atoms with E-state index in [1.165, 1.54) is 23.5 Å². The second kappa shape index (κ2) is 12.8. The lowest BCUT2D eigenvalue weighted by Gasteiger charge is -2.30. The number of rotatable bonds is 10. The minimum Gasteiger partial charge on any atom is -0.463 e. The predicted molar refractivity (Wildman–Crippen MR) is 125 cm³/mol. The van der Waals surface area contributed by atoms with Crippen molar-refractivity contribution in [3.05, 3.63) is 24.3 Å². The van der Waals surface area contributed by atoms with Gasteiger partial charge in [0.1, 0.15) is 6.61 Å². The maximum atomic E-state index is 12.9. The molecule has 1 amide bonds. The van der Waals surface area contributed by atoms with E-state index in [1.54, 1.807) is 19.2 Å². The van der Waals surface area contributed by atoms with Gasteiger partial charge in [0.05, 0.1) is 17.9 Å². The first-order valence-corrected chi connectivity index (χ1v) is 12.4. The van der Waals surface area contributed by atoms with Crippen LogP contribution in [0, 0.1) is 0 Å². The van der Waals surface area contributed by atoms with E-state index in [-0.39, 0.29) is 35.5 Å². The fourth-order valence-corrected chi connectivity index (χ4v) is 5.04. The fourth-order valence-electron chi connectivity index (χ4n) is 3.40. The molecule has 0 aromatic heterocycles. The normalized spacial score (nSPS) is 14.7. The van der Waals surface area contributed by atoms with Crippen molar-refractivity contribution in [1.82, 2.24) is 9.62 Å². The number of thiocarbonyl (C=S) groups is 1. The van der Waals surface area contributed by atoms with Crippen LogP contribution in [0.3, 0.4) is 0 Å². The number of carbonyl (C=O) groups excluding carboxylic acids is 2. The molecule has 0 unspecified atom stereocenters. The van der Waals surface area contributed by atoms with Crippen molar-refractivity contribution in [2.45, 2.75) is 55.9 Å². The van der Waals surface area contributed by atoms with Gasteiger partial charge in [-0.25, -0.2) is 8.42 Å². The monoisotopic (exact) mass is 485 g/mol. The first-order valence-electron chi connectivity index (χ1n) is 10.6. The van der Waals surface area contributed by atoms with Crippen LogP contribution in [-0.2, 0) is 29.1 Å². The van der Waals surface area contributed by atoms with Crippen LogP contribution in [0.1, 0.15) is 44.9 Å². The minimum absolute atomic E-state index is 0.0339. The molecule has 0 radical (unpaired) electrons. The lowest BCUT2D eigenvalue weighted by atomic mass is 9.96. The molecular weight excluding hydrogens is 454 g/mol. The van der Waals surface area contributed by atoms with Crippen LogP contribution < -0.4 is 10.6 Å². The number of amides is 1. The van der Waals surface area contributed by atoms with Crippen molar-refractivity contribution < 1.29 is 27.5 Å². The molecule has 11 heteroatoms. The molecule has 0 spiro atoms. The Morgan fingerprint density at radius 2 is 1.75 bits per heavy atom. The molecule has 1 fully saturated rings. The molecule has 0 saturated heterocycles. The molecule has 1 aromatic carbocycles. The summed E-state index contributed by atoms with van der Waals surface area (Å²) in [5, 5.41) is 5.36. The number of nitrogens with zero attached hydrogens (tertiary/aromatic N) is 1. The van der Waals surface area contributed by atoms with Gasteiger partial charge >= 0.3 is 5.97 Å². The van der Waals surface area contributed by atoms with Crippen molar-refractivity contribution >= 4 is 44.9 Å². The number of ether oxygens (including phenoxy) is 2. The summed E-state index contributed by atoms with van der Waals surface area (Å²) in [5.41, 5.74) is 0.536. The van der Waals surface area contributed by atoms with E-state index in [2.05, 4.69) is 10.6 Å². The Kier molecular flexibility index (Phi) is 10.5. The van der Waals surface area contributed by atoms with Crippen LogP contribution in [0.4, 0.5) is 5.69 Å². The number of hydrogen-bond donors (Lipinski definition) is 2. The van der Waals surface area contributed by atoms with E-state index < -0.39 is 21.9 Å². The molecule has 2 N–H and O–H groups in total. The quantitative estimate of drug-likeness (QED) is 0.295. The van der Waals surface area contributed by atoms with Crippen LogP contribution in [0.15, 0.2) is 29.2 Å². The molecule has 1 aliphatic rings. The highest BCUT2D eigenvalue weighted by Gasteiger charge is 2.28. The number of methoxy groups -OCH3 is 1. The molecule has 0 heterocycles. The van der Waals surface area contributed by atoms with Gasteiger partial charge in [0.2, 0.25) is 15.9 Å². The smallest absolute Gasteiger partial charge is 0.306 e. The molecular formula is C21H31N3O6S2. The highest BCUT2D eigenvalue weighted by atomic mass is 32.2. The summed E-state index contributed by atoms with van der Waals surface area (Å²) < 4.78 is 36.9. The second-order valence-corrected chi connectivity index (χ2v) is 9.96. The number of esters is 1. The van der Waals surface area contributed by atoms with Crippen molar-refractivity contribution in [3.8, 4) is 0 Å². The van der Waals surface area contributed by atoms with Gasteiger partial charge in [-0.1, -0.05) is 19.3 Å². The molecule has 0 bridgehead atoms. The standard InChI is InChI=1S/C21H31N3O6S2/c1-24(17-6-4-3-5-7-17)32(27,28)18-10-8-16(9-11-18)22-21(31)23-19(25)12-13-20(26)30-15-14-29-2/h8-11,17H,3-7,12-15H2,1-2H3,(H2,22,23,25,31). The molecule has 0 aliphatic heterocycles. The summed E-state index contributed by atoms with van der Waals surface area (Å²) in [4.78, 5) is 23.6. The summed E-state index contributed by atoms with van der Waals surface area (Å²) in [6.07, 6.45) is 4.87. The zero-order valence-electron chi connectivity index (χ0n) is 18.5. The fraction of sp³-hybridized carbons (Fsp3) is 0.571. The van der Waals surface area contributed by atoms with Crippen LogP contribution in [-0.4, -0.2) is 63.1 Å². The van der Waals surface area contributed by atoms with E-state index in [1.807, 2.05) is 0 Å². The van der Waals surface area contributed by atoms with Crippen LogP contribution in [0.2, 0.25) is 0 Å². The Balaban J connectivity index is 1.83. The third-order valence-corrected chi connectivity index (χ3v) is 7.37. The number of nitrogens with one attached hydrogen (secondary N) is 2. The van der Waals surface area contributed by atoms with Crippen LogP contribution in [0.5, 0.6) is 0 Å². The zero-order chi connectivity index (χ0) is 23.6. The van der Waals surface area contributed by atoms with Crippen molar-refractivity contribution in [3.63, 3.8) is 0 Å². The lowest BCUT2D eigenvalue weighted by Crippen LogP contribution is -2.38. The zero-order valence-corrected chi connectivity index (χ0v) is 20.1. The first kappa shape index (κ1) is 26.2. The van der Waals surface area contributed by atoms with Gasteiger partial charge in [-0.2, -0.15) is 4.31 Å². The van der Waals surface area contributed by atoms with Crippen molar-refractivity contribution in [2.24, 2.45) is 0 Å². The summed E-state index contributed by atoms with van der Waals surface area (Å²) >= 11 is 5.11. The molecule has 2 rings (SSSR count). The van der Waals surface area contributed by atoms with Crippen molar-refractivity contribution in [1.29, 1.82) is 0 Å². The number of sulfonamides is 1. The van der Waals surface area contributed by atoms with Gasteiger partial charge in [-0.05, 0) is 49.3 Å². The minimum atomic E-state index is -3.58. The number of benzene rings is 1. The molecule has 1 saturated carbocycles. The molecule has 178 valence electrons. The van der Waals surface area contributed by atoms with E-state index in [4.69, 9.17) is 21.7 Å². The molecule has 32 heavy (non-hydrogen) atoms. The Hall–Kier alpha value is -2.08. The van der Waals surface area contributed by atoms with E-state index in [9.17, 15) is 18.0 Å². The summed E-state index contributed by atoms with van der Waals surface area (Å²) in [6.45, 7) is 0.433. The van der Waals surface area contributed by atoms with E-state index in [0.717, 1.165) is 32.1 Å². The average molecular weight is 486 g/mol. The Labute approximate surface area is 194 Å². The number of anilines is 1. The SMILES string of the molecule is COCCOC(=O)CCC(=O)NC(=S)Nc1ccc(S(=O)(=O)N(C)C2CCCCC2)cc1. The topological polar surface area (TPSA) is 114 Å². The van der Waals surface area contributed by atoms with E-state index >= 15 is 0 Å². The lowest BCUT2D eigenvalue weighted by molar-refractivity contribution is -0.146. The maximum Gasteiger partial charge on any atom is 0.306 e. The van der Waals surface area contributed by atoms with Gasteiger partial charge in [0.25, 0.3) is 0 Å². The number of carbonyl (C=O) groups is 2. The first-order chi connectivity index (χ1) is 15.2. The second-order valence-electron chi connectivity index (χ2n) is 7.55. The van der Waals surface area contributed by atoms with Crippen molar-refractivity contribution in [2.75, 3.05) is 32.7 Å². The maximum absolute atomic E-state index is 12.9. The Morgan fingerprint density at radius 1 is 1.09 bits per heavy atom. The van der Waals surface area contributed by atoms with Gasteiger partial charge in [-0.3, -0.25) is 9.59 Å². The molecule has 9 nitrogen and oxygen atoms in total. The van der Waals surface area contributed by atoms with Crippen LogP contribution in [0.25, 0.3) is 0 Å². The van der Waals surface area contributed by atoms with Crippen LogP contribution >= 0.6 is 12.2 Å². The van der Waals surface area contributed by atoms with Gasteiger partial charge in [0.15, 0.2) is 5.11 Å². The Morgan fingerprint density at radius 3 is 2.38 bits per heavy atom. The summed E-state index contributed by atoms with van der Waals surface area (Å²) in [7, 11) is -0.443. The molecule has 1 aromatic rings. The highest BCUT2D eigenvalue weighted by Crippen LogP contribution is 2.26. The van der Waals surface area contributed by atoms with Gasteiger partial charge in [-0.15, -0.1) is 0 Å². The average Bonchev–Trinajstić information content (AvgIpc) is 2.78. The Bertz CT molecular complexity index is 883. The van der Waals surface area contributed by atoms with Gasteiger partial charge in [0, 0.05) is 32.3 Å². The largest absolute Gasteiger partial charge is 0.463 e. The van der Waals surface area contributed by atoms with Gasteiger partial charge < -0.3 is 20.1 Å². The third-order valence-electron chi connectivity index (χ3n) is 5.24. The third kappa shape index (κ3) is 8.12. The highest BCUT2D eigenvalue weighted by molar-refractivity contribution is 7.89. The summed E-state index contributed by atoms with van der Waals surface area (Å²) in [6, 6.07) is 6.24. The molecule has 0 atom stereocenters. The number of hydrogen-bond acceptors (Lipinski definition) is 7. The summed E-state index contributed by atoms with van der Waals surface area (Å²) in [5.74, 6) is -0.925. The van der Waals surface area contributed by atoms with E-state index in [0.29, 0.717) is 12.3 Å². The molecule has 1 aliphatic carbocycles.